The van der Waals surface area contributed by atoms with Crippen LogP contribution < -0.4 is 11.1 Å². The molecule has 0 unspecified atom stereocenters. The van der Waals surface area contributed by atoms with Crippen LogP contribution in [0.5, 0.6) is 0 Å². The standard InChI is InChI=1S/C15H16N2OS/c16-10-12-4-1-2-5-13(12)11-17-15(18)8-7-14-6-3-9-19-14/h1-9H,10-11,16H2,(H,17,18). The van der Waals surface area contributed by atoms with Crippen molar-refractivity contribution in [3.8, 4) is 0 Å². The molecule has 0 aliphatic rings. The monoisotopic (exact) mass is 272 g/mol. The lowest BCUT2D eigenvalue weighted by Crippen LogP contribution is -2.21. The van der Waals surface area contributed by atoms with Crippen LogP contribution in [0.3, 0.4) is 0 Å². The number of benzene rings is 1. The molecular weight excluding hydrogens is 256 g/mol. The molecule has 0 atom stereocenters. The summed E-state index contributed by atoms with van der Waals surface area (Å²) in [5.41, 5.74) is 7.77. The van der Waals surface area contributed by atoms with Gasteiger partial charge in [-0.25, -0.2) is 0 Å². The van der Waals surface area contributed by atoms with Gasteiger partial charge >= 0.3 is 0 Å². The van der Waals surface area contributed by atoms with E-state index in [0.29, 0.717) is 13.1 Å². The molecule has 0 aliphatic carbocycles. The quantitative estimate of drug-likeness (QED) is 0.822. The lowest BCUT2D eigenvalue weighted by molar-refractivity contribution is -0.116. The molecule has 2 aromatic rings. The van der Waals surface area contributed by atoms with Crippen molar-refractivity contribution in [1.82, 2.24) is 5.32 Å². The summed E-state index contributed by atoms with van der Waals surface area (Å²) in [6, 6.07) is 11.8. The minimum atomic E-state index is -0.0970. The van der Waals surface area contributed by atoms with E-state index in [9.17, 15) is 4.79 Å². The summed E-state index contributed by atoms with van der Waals surface area (Å²) in [6.45, 7) is 0.984. The maximum atomic E-state index is 11.7. The summed E-state index contributed by atoms with van der Waals surface area (Å²) in [4.78, 5) is 12.8. The van der Waals surface area contributed by atoms with Crippen LogP contribution >= 0.6 is 11.3 Å². The highest BCUT2D eigenvalue weighted by Gasteiger charge is 2.01. The molecule has 1 amide bonds. The van der Waals surface area contributed by atoms with Crippen molar-refractivity contribution < 1.29 is 4.79 Å². The van der Waals surface area contributed by atoms with Crippen LogP contribution in [0.1, 0.15) is 16.0 Å². The van der Waals surface area contributed by atoms with Crippen molar-refractivity contribution in [2.24, 2.45) is 5.73 Å². The Kier molecular flexibility index (Phi) is 4.89. The zero-order valence-electron chi connectivity index (χ0n) is 10.5. The average Bonchev–Trinajstić information content (AvgIpc) is 2.96. The van der Waals surface area contributed by atoms with E-state index in [1.165, 1.54) is 0 Å². The Labute approximate surface area is 116 Å². The van der Waals surface area contributed by atoms with E-state index >= 15 is 0 Å². The topological polar surface area (TPSA) is 55.1 Å². The van der Waals surface area contributed by atoms with Gasteiger partial charge in [-0.2, -0.15) is 0 Å². The number of thiophene rings is 1. The number of hydrogen-bond acceptors (Lipinski definition) is 3. The van der Waals surface area contributed by atoms with E-state index in [1.807, 2.05) is 47.9 Å². The largest absolute Gasteiger partial charge is 0.348 e. The fourth-order valence-corrected chi connectivity index (χ4v) is 2.33. The van der Waals surface area contributed by atoms with Gasteiger partial charge in [-0.15, -0.1) is 11.3 Å². The van der Waals surface area contributed by atoms with Crippen molar-refractivity contribution in [2.75, 3.05) is 0 Å². The highest BCUT2D eigenvalue weighted by molar-refractivity contribution is 7.10. The molecule has 1 aromatic carbocycles. The predicted octanol–water partition coefficient (Wildman–Crippen LogP) is 2.54. The minimum absolute atomic E-state index is 0.0970. The van der Waals surface area contributed by atoms with E-state index in [-0.39, 0.29) is 5.91 Å². The van der Waals surface area contributed by atoms with E-state index in [1.54, 1.807) is 17.4 Å². The second kappa shape index (κ2) is 6.87. The Morgan fingerprint density at radius 3 is 2.68 bits per heavy atom. The first-order chi connectivity index (χ1) is 9.29. The normalized spacial score (nSPS) is 10.8. The number of rotatable bonds is 5. The number of amides is 1. The van der Waals surface area contributed by atoms with E-state index in [0.717, 1.165) is 16.0 Å². The molecule has 0 bridgehead atoms. The van der Waals surface area contributed by atoms with Crippen LogP contribution in [-0.4, -0.2) is 5.91 Å². The fraction of sp³-hybridized carbons (Fsp3) is 0.133. The van der Waals surface area contributed by atoms with Crippen molar-refractivity contribution in [3.63, 3.8) is 0 Å². The Morgan fingerprint density at radius 1 is 1.21 bits per heavy atom. The van der Waals surface area contributed by atoms with Gasteiger partial charge in [0.25, 0.3) is 0 Å². The Hall–Kier alpha value is -1.91. The molecule has 0 saturated carbocycles. The zero-order valence-corrected chi connectivity index (χ0v) is 11.3. The summed E-state index contributed by atoms with van der Waals surface area (Å²) in [6.07, 6.45) is 3.37. The number of hydrogen-bond donors (Lipinski definition) is 2. The van der Waals surface area contributed by atoms with Gasteiger partial charge < -0.3 is 11.1 Å². The number of carbonyl (C=O) groups is 1. The van der Waals surface area contributed by atoms with Crippen LogP contribution in [0.15, 0.2) is 47.9 Å². The van der Waals surface area contributed by atoms with Crippen molar-refractivity contribution in [3.05, 3.63) is 63.9 Å². The lowest BCUT2D eigenvalue weighted by atomic mass is 10.1. The van der Waals surface area contributed by atoms with Gasteiger partial charge in [0.2, 0.25) is 5.91 Å². The molecule has 1 aromatic heterocycles. The van der Waals surface area contributed by atoms with Gasteiger partial charge in [-0.1, -0.05) is 30.3 Å². The molecule has 4 heteroatoms. The summed E-state index contributed by atoms with van der Waals surface area (Å²) < 4.78 is 0. The fourth-order valence-electron chi connectivity index (χ4n) is 1.71. The predicted molar refractivity (Wildman–Crippen MR) is 79.5 cm³/mol. The summed E-state index contributed by atoms with van der Waals surface area (Å²) in [5, 5.41) is 4.84. The highest BCUT2D eigenvalue weighted by atomic mass is 32.1. The molecule has 0 spiro atoms. The lowest BCUT2D eigenvalue weighted by Gasteiger charge is -2.07. The average molecular weight is 272 g/mol. The summed E-state index contributed by atoms with van der Waals surface area (Å²) >= 11 is 1.60. The second-order valence-electron chi connectivity index (χ2n) is 4.04. The molecule has 0 saturated heterocycles. The van der Waals surface area contributed by atoms with Crippen LogP contribution in [0.2, 0.25) is 0 Å². The Morgan fingerprint density at radius 2 is 2.00 bits per heavy atom. The Balaban J connectivity index is 1.90. The van der Waals surface area contributed by atoms with E-state index < -0.39 is 0 Å². The van der Waals surface area contributed by atoms with Gasteiger partial charge in [0.15, 0.2) is 0 Å². The van der Waals surface area contributed by atoms with Crippen LogP contribution in [0, 0.1) is 0 Å². The molecule has 0 fully saturated rings. The second-order valence-corrected chi connectivity index (χ2v) is 5.02. The molecule has 0 radical (unpaired) electrons. The van der Waals surface area contributed by atoms with Crippen molar-refractivity contribution >= 4 is 23.3 Å². The number of carbonyl (C=O) groups excluding carboxylic acids is 1. The summed E-state index contributed by atoms with van der Waals surface area (Å²) in [5.74, 6) is -0.0970. The van der Waals surface area contributed by atoms with E-state index in [2.05, 4.69) is 5.32 Å². The van der Waals surface area contributed by atoms with Crippen LogP contribution in [0.4, 0.5) is 0 Å². The smallest absolute Gasteiger partial charge is 0.244 e. The molecule has 98 valence electrons. The SMILES string of the molecule is NCc1ccccc1CNC(=O)C=Cc1cccs1. The maximum absolute atomic E-state index is 11.7. The first-order valence-electron chi connectivity index (χ1n) is 6.06. The molecular formula is C15H16N2OS. The third-order valence-corrected chi connectivity index (χ3v) is 3.57. The molecule has 1 heterocycles. The number of nitrogens with two attached hydrogens (primary N) is 1. The van der Waals surface area contributed by atoms with Crippen LogP contribution in [0.25, 0.3) is 6.08 Å². The minimum Gasteiger partial charge on any atom is -0.348 e. The molecule has 3 nitrogen and oxygen atoms in total. The van der Waals surface area contributed by atoms with E-state index in [4.69, 9.17) is 5.73 Å². The highest BCUT2D eigenvalue weighted by Crippen LogP contribution is 2.10. The van der Waals surface area contributed by atoms with Crippen molar-refractivity contribution in [2.45, 2.75) is 13.1 Å². The van der Waals surface area contributed by atoms with Crippen molar-refractivity contribution in [1.29, 1.82) is 0 Å². The third kappa shape index (κ3) is 4.05. The Bertz CT molecular complexity index is 561. The van der Waals surface area contributed by atoms with Gasteiger partial charge in [0.1, 0.15) is 0 Å². The molecule has 3 N–H and O–H groups in total. The maximum Gasteiger partial charge on any atom is 0.244 e. The molecule has 19 heavy (non-hydrogen) atoms. The van der Waals surface area contributed by atoms with Gasteiger partial charge in [-0.3, -0.25) is 4.79 Å². The van der Waals surface area contributed by atoms with Gasteiger partial charge in [0.05, 0.1) is 0 Å². The number of nitrogens with one attached hydrogen (secondary N) is 1. The molecule has 0 aliphatic heterocycles. The van der Waals surface area contributed by atoms with Crippen LogP contribution in [-0.2, 0) is 17.9 Å². The van der Waals surface area contributed by atoms with Gasteiger partial charge in [-0.05, 0) is 28.6 Å². The summed E-state index contributed by atoms with van der Waals surface area (Å²) in [7, 11) is 0. The first-order valence-corrected chi connectivity index (χ1v) is 6.94. The third-order valence-electron chi connectivity index (χ3n) is 2.73. The molecule has 2 rings (SSSR count). The first kappa shape index (κ1) is 13.5. The van der Waals surface area contributed by atoms with Gasteiger partial charge in [0, 0.05) is 24.0 Å². The zero-order chi connectivity index (χ0) is 13.5.